The molecule has 4 nitrogen and oxygen atoms in total. The lowest BCUT2D eigenvalue weighted by molar-refractivity contribution is -0.154. The molecule has 0 aromatic rings. The van der Waals surface area contributed by atoms with E-state index in [-0.39, 0.29) is 19.2 Å². The van der Waals surface area contributed by atoms with E-state index in [4.69, 9.17) is 9.47 Å². The fourth-order valence-electron chi connectivity index (χ4n) is 5.04. The van der Waals surface area contributed by atoms with Crippen LogP contribution < -0.4 is 0 Å². The third-order valence-electron chi connectivity index (χ3n) is 7.86. The highest BCUT2D eigenvalue weighted by Crippen LogP contribution is 2.11. The first-order valence-electron chi connectivity index (χ1n) is 18.7. The molecule has 1 atom stereocenters. The largest absolute Gasteiger partial charge is 0.457 e. The molecule has 0 aromatic carbocycles. The normalized spacial score (nSPS) is 12.9. The van der Waals surface area contributed by atoms with Crippen molar-refractivity contribution in [3.63, 3.8) is 0 Å². The Hall–Kier alpha value is -1.65. The van der Waals surface area contributed by atoms with Crippen LogP contribution in [0.3, 0.4) is 0 Å². The van der Waals surface area contributed by atoms with Gasteiger partial charge >= 0.3 is 5.97 Å². The van der Waals surface area contributed by atoms with Crippen molar-refractivity contribution in [1.29, 1.82) is 0 Å². The van der Waals surface area contributed by atoms with Gasteiger partial charge in [-0.3, -0.25) is 4.79 Å². The molecular weight excluding hydrogens is 544 g/mol. The number of hydrogen-bond acceptors (Lipinski definition) is 4. The summed E-state index contributed by atoms with van der Waals surface area (Å²) in [5, 5.41) is 9.54. The van der Waals surface area contributed by atoms with Gasteiger partial charge in [-0.15, -0.1) is 0 Å². The lowest BCUT2D eigenvalue weighted by Gasteiger charge is -2.15. The maximum atomic E-state index is 12.1. The number of esters is 1. The van der Waals surface area contributed by atoms with Gasteiger partial charge in [-0.1, -0.05) is 146 Å². The number of carbonyl (C=O) groups excluding carboxylic acids is 1. The Bertz CT molecular complexity index is 693. The molecule has 0 aromatic heterocycles. The SMILES string of the molecule is CCC/C=C\CCCCCCCCOCC(CO)OC(=O)CCCCCCCC/C=C\C/C=C\C/C=C\CCCCCCC. The lowest BCUT2D eigenvalue weighted by atomic mass is 10.1. The minimum absolute atomic E-state index is 0.181. The van der Waals surface area contributed by atoms with Crippen molar-refractivity contribution in [2.45, 2.75) is 180 Å². The van der Waals surface area contributed by atoms with Crippen LogP contribution >= 0.6 is 0 Å². The number of aliphatic hydroxyl groups excluding tert-OH is 1. The topological polar surface area (TPSA) is 55.8 Å². The number of allylic oxidation sites excluding steroid dienone is 8. The predicted octanol–water partition coefficient (Wildman–Crippen LogP) is 11.9. The van der Waals surface area contributed by atoms with Crippen molar-refractivity contribution in [2.75, 3.05) is 19.8 Å². The number of hydrogen-bond donors (Lipinski definition) is 1. The van der Waals surface area contributed by atoms with Crippen LogP contribution in [0.2, 0.25) is 0 Å². The van der Waals surface area contributed by atoms with Crippen LogP contribution in [-0.4, -0.2) is 37.0 Å². The van der Waals surface area contributed by atoms with E-state index in [1.165, 1.54) is 109 Å². The van der Waals surface area contributed by atoms with E-state index < -0.39 is 6.10 Å². The van der Waals surface area contributed by atoms with Crippen molar-refractivity contribution >= 4 is 5.97 Å². The van der Waals surface area contributed by atoms with Crippen LogP contribution in [0.25, 0.3) is 0 Å². The van der Waals surface area contributed by atoms with E-state index in [2.05, 4.69) is 62.5 Å². The molecule has 0 aliphatic carbocycles. The number of aliphatic hydroxyl groups is 1. The maximum Gasteiger partial charge on any atom is 0.306 e. The standard InChI is InChI=1S/C40H72O4/c1-3-5-7-9-11-13-15-16-17-18-19-20-21-22-23-24-25-27-29-31-33-35-40(42)44-39(37-41)38-43-36-34-32-30-28-26-14-12-10-8-6-4-2/h8,10,15-16,18-19,21-22,39,41H,3-7,9,11-14,17,20,23-38H2,1-2H3/b10-8-,16-15-,19-18-,22-21-. The number of unbranched alkanes of at least 4 members (excludes halogenated alkanes) is 18. The molecule has 0 heterocycles. The predicted molar refractivity (Wildman–Crippen MR) is 191 cm³/mol. The molecule has 4 heteroatoms. The summed E-state index contributed by atoms with van der Waals surface area (Å²) in [6.07, 6.45) is 47.2. The number of rotatable bonds is 34. The summed E-state index contributed by atoms with van der Waals surface area (Å²) in [6.45, 7) is 5.25. The van der Waals surface area contributed by atoms with Gasteiger partial charge in [0.2, 0.25) is 0 Å². The first-order chi connectivity index (χ1) is 21.7. The van der Waals surface area contributed by atoms with E-state index in [1.807, 2.05) is 0 Å². The minimum Gasteiger partial charge on any atom is -0.457 e. The molecule has 0 rings (SSSR count). The van der Waals surface area contributed by atoms with Gasteiger partial charge in [0.15, 0.2) is 0 Å². The van der Waals surface area contributed by atoms with Gasteiger partial charge in [0.25, 0.3) is 0 Å². The van der Waals surface area contributed by atoms with E-state index in [0.717, 1.165) is 44.9 Å². The van der Waals surface area contributed by atoms with Crippen molar-refractivity contribution in [1.82, 2.24) is 0 Å². The Kier molecular flexibility index (Phi) is 36.1. The van der Waals surface area contributed by atoms with Gasteiger partial charge in [-0.05, 0) is 70.6 Å². The molecular formula is C40H72O4. The Morgan fingerprint density at radius 3 is 1.55 bits per heavy atom. The second kappa shape index (κ2) is 37.5. The highest BCUT2D eigenvalue weighted by atomic mass is 16.6. The van der Waals surface area contributed by atoms with Crippen LogP contribution in [0.5, 0.6) is 0 Å². The summed E-state index contributed by atoms with van der Waals surface area (Å²) in [5.74, 6) is -0.217. The molecule has 0 fully saturated rings. The fourth-order valence-corrected chi connectivity index (χ4v) is 5.04. The Morgan fingerprint density at radius 1 is 0.545 bits per heavy atom. The van der Waals surface area contributed by atoms with Crippen LogP contribution in [0, 0.1) is 0 Å². The molecule has 0 saturated carbocycles. The lowest BCUT2D eigenvalue weighted by Crippen LogP contribution is -2.27. The average Bonchev–Trinajstić information content (AvgIpc) is 3.03. The molecule has 1 N–H and O–H groups in total. The quantitative estimate of drug-likeness (QED) is 0.0444. The summed E-state index contributed by atoms with van der Waals surface area (Å²) in [4.78, 5) is 12.1. The smallest absolute Gasteiger partial charge is 0.306 e. The molecule has 0 saturated heterocycles. The van der Waals surface area contributed by atoms with Crippen LogP contribution in [0.4, 0.5) is 0 Å². The van der Waals surface area contributed by atoms with Crippen molar-refractivity contribution in [3.8, 4) is 0 Å². The Balaban J connectivity index is 3.50. The summed E-state index contributed by atoms with van der Waals surface area (Å²) in [6, 6.07) is 0. The number of ether oxygens (including phenoxy) is 2. The van der Waals surface area contributed by atoms with Crippen molar-refractivity contribution in [2.24, 2.45) is 0 Å². The zero-order chi connectivity index (χ0) is 32.0. The zero-order valence-electron chi connectivity index (χ0n) is 29.2. The molecule has 256 valence electrons. The molecule has 1 unspecified atom stereocenters. The highest BCUT2D eigenvalue weighted by molar-refractivity contribution is 5.69. The van der Waals surface area contributed by atoms with Gasteiger partial charge < -0.3 is 14.6 Å². The molecule has 44 heavy (non-hydrogen) atoms. The highest BCUT2D eigenvalue weighted by Gasteiger charge is 2.13. The van der Waals surface area contributed by atoms with Gasteiger partial charge in [-0.2, -0.15) is 0 Å². The van der Waals surface area contributed by atoms with E-state index in [0.29, 0.717) is 13.0 Å². The van der Waals surface area contributed by atoms with Crippen molar-refractivity contribution in [3.05, 3.63) is 48.6 Å². The second-order valence-corrected chi connectivity index (χ2v) is 12.3. The molecule has 0 aliphatic rings. The second-order valence-electron chi connectivity index (χ2n) is 12.3. The van der Waals surface area contributed by atoms with Crippen molar-refractivity contribution < 1.29 is 19.4 Å². The van der Waals surface area contributed by atoms with Gasteiger partial charge in [0.05, 0.1) is 13.2 Å². The third kappa shape index (κ3) is 34.8. The average molecular weight is 617 g/mol. The van der Waals surface area contributed by atoms with E-state index in [1.54, 1.807) is 0 Å². The van der Waals surface area contributed by atoms with Crippen LogP contribution in [0.1, 0.15) is 174 Å². The summed E-state index contributed by atoms with van der Waals surface area (Å²) >= 11 is 0. The molecule has 0 amide bonds. The van der Waals surface area contributed by atoms with E-state index >= 15 is 0 Å². The monoisotopic (exact) mass is 617 g/mol. The van der Waals surface area contributed by atoms with Gasteiger partial charge in [-0.25, -0.2) is 0 Å². The first-order valence-corrected chi connectivity index (χ1v) is 18.7. The minimum atomic E-state index is -0.543. The Labute approximate surface area is 273 Å². The van der Waals surface area contributed by atoms with Crippen LogP contribution in [0.15, 0.2) is 48.6 Å². The van der Waals surface area contributed by atoms with Gasteiger partial charge in [0.1, 0.15) is 6.10 Å². The molecule has 0 bridgehead atoms. The molecule has 0 spiro atoms. The molecule has 0 aliphatic heterocycles. The van der Waals surface area contributed by atoms with E-state index in [9.17, 15) is 9.90 Å². The first kappa shape index (κ1) is 42.3. The zero-order valence-corrected chi connectivity index (χ0v) is 29.2. The summed E-state index contributed by atoms with van der Waals surface area (Å²) in [7, 11) is 0. The fraction of sp³-hybridized carbons (Fsp3) is 0.775. The third-order valence-corrected chi connectivity index (χ3v) is 7.86. The molecule has 0 radical (unpaired) electrons. The van der Waals surface area contributed by atoms with Gasteiger partial charge in [0, 0.05) is 13.0 Å². The maximum absolute atomic E-state index is 12.1. The summed E-state index contributed by atoms with van der Waals surface area (Å²) < 4.78 is 11.1. The van der Waals surface area contributed by atoms with Crippen LogP contribution in [-0.2, 0) is 14.3 Å². The Morgan fingerprint density at radius 2 is 1.00 bits per heavy atom. The number of carbonyl (C=O) groups is 1. The summed E-state index contributed by atoms with van der Waals surface area (Å²) in [5.41, 5.74) is 0.